The SMILES string of the molecule is CC(C)(C)COc1ccc2c(c1)N(C(=O)Cc1ccc(-c3c[nH]c(=O)c4ccccc34)cc1)CC2. The molecule has 0 atom stereocenters. The third kappa shape index (κ3) is 4.85. The molecule has 1 aliphatic rings. The lowest BCUT2D eigenvalue weighted by Crippen LogP contribution is -2.30. The molecule has 3 aromatic carbocycles. The fraction of sp³-hybridized carbons (Fsp3) is 0.267. The van der Waals surface area contributed by atoms with Crippen LogP contribution in [0.25, 0.3) is 21.9 Å². The van der Waals surface area contributed by atoms with Gasteiger partial charge in [0.1, 0.15) is 5.75 Å². The predicted octanol–water partition coefficient (Wildman–Crippen LogP) is 5.75. The van der Waals surface area contributed by atoms with Crippen LogP contribution in [0.2, 0.25) is 0 Å². The number of rotatable bonds is 5. The smallest absolute Gasteiger partial charge is 0.255 e. The molecule has 5 rings (SSSR count). The summed E-state index contributed by atoms with van der Waals surface area (Å²) in [4.78, 5) is 30.1. The van der Waals surface area contributed by atoms with Gasteiger partial charge in [0.15, 0.2) is 0 Å². The summed E-state index contributed by atoms with van der Waals surface area (Å²) < 4.78 is 5.98. The number of pyridine rings is 1. The molecule has 35 heavy (non-hydrogen) atoms. The van der Waals surface area contributed by atoms with Crippen LogP contribution < -0.4 is 15.2 Å². The molecule has 0 radical (unpaired) electrons. The number of nitrogens with zero attached hydrogens (tertiary/aromatic N) is 1. The molecule has 0 unspecified atom stereocenters. The number of carbonyl (C=O) groups is 1. The van der Waals surface area contributed by atoms with Crippen LogP contribution in [0.4, 0.5) is 5.69 Å². The molecule has 178 valence electrons. The summed E-state index contributed by atoms with van der Waals surface area (Å²) >= 11 is 0. The number of H-pyrrole nitrogens is 1. The Kier molecular flexibility index (Phi) is 5.93. The van der Waals surface area contributed by atoms with Gasteiger partial charge in [0.05, 0.1) is 18.7 Å². The maximum absolute atomic E-state index is 13.2. The van der Waals surface area contributed by atoms with E-state index in [2.05, 4.69) is 31.8 Å². The van der Waals surface area contributed by atoms with Crippen molar-refractivity contribution in [2.24, 2.45) is 5.41 Å². The highest BCUT2D eigenvalue weighted by Gasteiger charge is 2.25. The van der Waals surface area contributed by atoms with Gasteiger partial charge in [-0.15, -0.1) is 0 Å². The summed E-state index contributed by atoms with van der Waals surface area (Å²) in [6, 6.07) is 21.7. The highest BCUT2D eigenvalue weighted by Crippen LogP contribution is 2.33. The number of hydrogen-bond donors (Lipinski definition) is 1. The lowest BCUT2D eigenvalue weighted by Gasteiger charge is -2.21. The van der Waals surface area contributed by atoms with E-state index in [9.17, 15) is 9.59 Å². The molecule has 5 nitrogen and oxygen atoms in total. The molecular weight excluding hydrogens is 436 g/mol. The molecule has 0 fully saturated rings. The van der Waals surface area contributed by atoms with Gasteiger partial charge < -0.3 is 14.6 Å². The third-order valence-corrected chi connectivity index (χ3v) is 6.35. The quantitative estimate of drug-likeness (QED) is 0.407. The Labute approximate surface area is 205 Å². The van der Waals surface area contributed by atoms with Crippen molar-refractivity contribution < 1.29 is 9.53 Å². The lowest BCUT2D eigenvalue weighted by atomic mass is 9.99. The topological polar surface area (TPSA) is 62.4 Å². The van der Waals surface area contributed by atoms with E-state index < -0.39 is 0 Å². The number of aromatic amines is 1. The Morgan fingerprint density at radius 1 is 1.00 bits per heavy atom. The number of fused-ring (bicyclic) bond motifs is 2. The first-order chi connectivity index (χ1) is 16.8. The molecule has 5 heteroatoms. The van der Waals surface area contributed by atoms with E-state index in [1.165, 1.54) is 5.56 Å². The Hall–Kier alpha value is -3.86. The van der Waals surface area contributed by atoms with E-state index in [0.29, 0.717) is 25.0 Å². The molecular formula is C30H30N2O3. The van der Waals surface area contributed by atoms with Crippen LogP contribution in [-0.4, -0.2) is 24.0 Å². The van der Waals surface area contributed by atoms with Crippen molar-refractivity contribution in [1.29, 1.82) is 0 Å². The molecule has 1 aliphatic heterocycles. The molecule has 1 N–H and O–H groups in total. The second-order valence-corrected chi connectivity index (χ2v) is 10.4. The van der Waals surface area contributed by atoms with Crippen LogP contribution in [0, 0.1) is 5.41 Å². The van der Waals surface area contributed by atoms with Gasteiger partial charge in [-0.3, -0.25) is 9.59 Å². The molecule has 1 aromatic heterocycles. The van der Waals surface area contributed by atoms with E-state index in [1.807, 2.05) is 65.6 Å². The average Bonchev–Trinajstić information content (AvgIpc) is 3.27. The van der Waals surface area contributed by atoms with Crippen molar-refractivity contribution in [3.8, 4) is 16.9 Å². The standard InChI is InChI=1S/C30H30N2O3/c1-30(2,3)19-35-23-13-12-22-14-15-32(27(22)17-23)28(33)16-20-8-10-21(11-9-20)26-18-31-29(34)25-7-5-4-6-24(25)26/h4-13,17-18H,14-16,19H2,1-3H3,(H,31,34). The molecule has 4 aromatic rings. The number of aromatic nitrogens is 1. The van der Waals surface area contributed by atoms with E-state index in [-0.39, 0.29) is 16.9 Å². The van der Waals surface area contributed by atoms with Crippen LogP contribution in [-0.2, 0) is 17.6 Å². The van der Waals surface area contributed by atoms with E-state index in [1.54, 1.807) is 6.20 Å². The zero-order chi connectivity index (χ0) is 24.6. The minimum absolute atomic E-state index is 0.0715. The van der Waals surface area contributed by atoms with Crippen LogP contribution in [0.1, 0.15) is 31.9 Å². The first-order valence-electron chi connectivity index (χ1n) is 12.0. The number of nitrogens with one attached hydrogen (secondary N) is 1. The van der Waals surface area contributed by atoms with Gasteiger partial charge in [-0.2, -0.15) is 0 Å². The minimum atomic E-state index is -0.0931. The summed E-state index contributed by atoms with van der Waals surface area (Å²) in [6.07, 6.45) is 2.95. The maximum atomic E-state index is 13.2. The lowest BCUT2D eigenvalue weighted by molar-refractivity contribution is -0.117. The predicted molar refractivity (Wildman–Crippen MR) is 141 cm³/mol. The van der Waals surface area contributed by atoms with Crippen LogP contribution in [0.15, 0.2) is 77.7 Å². The summed E-state index contributed by atoms with van der Waals surface area (Å²) in [5.74, 6) is 0.884. The number of amides is 1. The maximum Gasteiger partial charge on any atom is 0.255 e. The highest BCUT2D eigenvalue weighted by molar-refractivity contribution is 5.98. The fourth-order valence-electron chi connectivity index (χ4n) is 4.53. The largest absolute Gasteiger partial charge is 0.493 e. The summed E-state index contributed by atoms with van der Waals surface area (Å²) in [6.45, 7) is 7.73. The highest BCUT2D eigenvalue weighted by atomic mass is 16.5. The van der Waals surface area contributed by atoms with Gasteiger partial charge in [0.2, 0.25) is 5.91 Å². The molecule has 0 saturated carbocycles. The van der Waals surface area contributed by atoms with Crippen molar-refractivity contribution >= 4 is 22.4 Å². The Morgan fingerprint density at radius 2 is 1.74 bits per heavy atom. The molecule has 0 bridgehead atoms. The van der Waals surface area contributed by atoms with Crippen molar-refractivity contribution in [3.05, 3.63) is 94.4 Å². The van der Waals surface area contributed by atoms with Gasteiger partial charge in [-0.05, 0) is 46.0 Å². The van der Waals surface area contributed by atoms with Gasteiger partial charge in [0.25, 0.3) is 5.56 Å². The Balaban J connectivity index is 1.33. The zero-order valence-corrected chi connectivity index (χ0v) is 20.4. The molecule has 0 spiro atoms. The molecule has 1 amide bonds. The number of anilines is 1. The van der Waals surface area contributed by atoms with Crippen molar-refractivity contribution in [2.75, 3.05) is 18.1 Å². The van der Waals surface area contributed by atoms with Crippen molar-refractivity contribution in [3.63, 3.8) is 0 Å². The van der Waals surface area contributed by atoms with Gasteiger partial charge >= 0.3 is 0 Å². The fourth-order valence-corrected chi connectivity index (χ4v) is 4.53. The second-order valence-electron chi connectivity index (χ2n) is 10.4. The number of carbonyl (C=O) groups excluding carboxylic acids is 1. The van der Waals surface area contributed by atoms with Gasteiger partial charge in [-0.1, -0.05) is 69.3 Å². The number of benzene rings is 3. The second kappa shape index (κ2) is 9.06. The molecule has 0 aliphatic carbocycles. The van der Waals surface area contributed by atoms with E-state index in [0.717, 1.165) is 39.9 Å². The third-order valence-electron chi connectivity index (χ3n) is 6.35. The van der Waals surface area contributed by atoms with E-state index in [4.69, 9.17) is 4.74 Å². The average molecular weight is 467 g/mol. The first-order valence-corrected chi connectivity index (χ1v) is 12.0. The molecule has 2 heterocycles. The monoisotopic (exact) mass is 466 g/mol. The van der Waals surface area contributed by atoms with Gasteiger partial charge in [-0.25, -0.2) is 0 Å². The normalized spacial score (nSPS) is 13.2. The van der Waals surface area contributed by atoms with Crippen LogP contribution >= 0.6 is 0 Å². The zero-order valence-electron chi connectivity index (χ0n) is 20.4. The first kappa shape index (κ1) is 22.9. The number of ether oxygens (including phenoxy) is 1. The van der Waals surface area contributed by atoms with Crippen molar-refractivity contribution in [2.45, 2.75) is 33.6 Å². The van der Waals surface area contributed by atoms with Crippen LogP contribution in [0.5, 0.6) is 5.75 Å². The minimum Gasteiger partial charge on any atom is -0.493 e. The van der Waals surface area contributed by atoms with Crippen LogP contribution in [0.3, 0.4) is 0 Å². The number of hydrogen-bond acceptors (Lipinski definition) is 3. The Bertz CT molecular complexity index is 1450. The summed E-state index contributed by atoms with van der Waals surface area (Å²) in [7, 11) is 0. The van der Waals surface area contributed by atoms with E-state index >= 15 is 0 Å². The Morgan fingerprint density at radius 3 is 2.49 bits per heavy atom. The van der Waals surface area contributed by atoms with Gasteiger partial charge in [0, 0.05) is 29.8 Å². The van der Waals surface area contributed by atoms with Crippen molar-refractivity contribution in [1.82, 2.24) is 4.98 Å². The summed E-state index contributed by atoms with van der Waals surface area (Å²) in [5, 5.41) is 1.58. The molecule has 0 saturated heterocycles. The summed E-state index contributed by atoms with van der Waals surface area (Å²) in [5.41, 5.74) is 5.04.